The molecule has 4 heteroatoms. The van der Waals surface area contributed by atoms with Crippen molar-refractivity contribution < 1.29 is 4.74 Å². The first-order valence-electron chi connectivity index (χ1n) is 5.66. The Kier molecular flexibility index (Phi) is 2.41. The zero-order chi connectivity index (χ0) is 12.5. The molecule has 1 heterocycles. The molecule has 90 valence electrons. The second kappa shape index (κ2) is 4.07. The highest BCUT2D eigenvalue weighted by molar-refractivity contribution is 5.82. The number of benzene rings is 2. The monoisotopic (exact) mass is 239 g/mol. The molecule has 3 rings (SSSR count). The predicted molar refractivity (Wildman–Crippen MR) is 72.5 cm³/mol. The zero-order valence-corrected chi connectivity index (χ0v) is 9.97. The molecule has 0 bridgehead atoms. The van der Waals surface area contributed by atoms with Crippen LogP contribution in [0.3, 0.4) is 0 Å². The van der Waals surface area contributed by atoms with Crippen LogP contribution in [0.25, 0.3) is 22.4 Å². The Morgan fingerprint density at radius 2 is 2.00 bits per heavy atom. The lowest BCUT2D eigenvalue weighted by atomic mass is 10.1. The number of hydrogen-bond acceptors (Lipinski definition) is 3. The van der Waals surface area contributed by atoms with Crippen molar-refractivity contribution in [2.24, 2.45) is 0 Å². The number of rotatable bonds is 2. The van der Waals surface area contributed by atoms with Gasteiger partial charge >= 0.3 is 0 Å². The lowest BCUT2D eigenvalue weighted by Crippen LogP contribution is -1.93. The molecule has 0 fully saturated rings. The lowest BCUT2D eigenvalue weighted by Gasteiger charge is -2.05. The standard InChI is InChI=1S/C14H13N3O/c1-18-9-6-7-10(11(15)8-9)14-16-12-4-2-3-5-13(12)17-14/h2-8H,15H2,1H3,(H,16,17). The molecule has 0 saturated heterocycles. The molecule has 0 unspecified atom stereocenters. The fraction of sp³-hybridized carbons (Fsp3) is 0.0714. The quantitative estimate of drug-likeness (QED) is 0.676. The topological polar surface area (TPSA) is 63.9 Å². The van der Waals surface area contributed by atoms with Gasteiger partial charge in [-0.1, -0.05) is 12.1 Å². The maximum Gasteiger partial charge on any atom is 0.140 e. The first-order valence-corrected chi connectivity index (χ1v) is 5.66. The van der Waals surface area contributed by atoms with Crippen LogP contribution >= 0.6 is 0 Å². The fourth-order valence-corrected chi connectivity index (χ4v) is 1.96. The largest absolute Gasteiger partial charge is 0.497 e. The summed E-state index contributed by atoms with van der Waals surface area (Å²) in [5, 5.41) is 0. The van der Waals surface area contributed by atoms with E-state index in [9.17, 15) is 0 Å². The van der Waals surface area contributed by atoms with Gasteiger partial charge in [0.25, 0.3) is 0 Å². The molecule has 0 atom stereocenters. The normalized spacial score (nSPS) is 10.7. The summed E-state index contributed by atoms with van der Waals surface area (Å²) in [6.45, 7) is 0. The number of para-hydroxylation sites is 2. The molecular weight excluding hydrogens is 226 g/mol. The third-order valence-corrected chi connectivity index (χ3v) is 2.90. The van der Waals surface area contributed by atoms with E-state index in [4.69, 9.17) is 10.5 Å². The number of aromatic nitrogens is 2. The van der Waals surface area contributed by atoms with Gasteiger partial charge in [-0.05, 0) is 24.3 Å². The summed E-state index contributed by atoms with van der Waals surface area (Å²) in [7, 11) is 1.62. The average Bonchev–Trinajstić information content (AvgIpc) is 2.81. The summed E-state index contributed by atoms with van der Waals surface area (Å²) in [6, 6.07) is 13.5. The fourth-order valence-electron chi connectivity index (χ4n) is 1.96. The Bertz CT molecular complexity index is 670. The van der Waals surface area contributed by atoms with E-state index in [1.54, 1.807) is 13.2 Å². The molecule has 2 aromatic carbocycles. The van der Waals surface area contributed by atoms with Crippen LogP contribution in [0.5, 0.6) is 5.75 Å². The number of hydrogen-bond donors (Lipinski definition) is 2. The van der Waals surface area contributed by atoms with Crippen LogP contribution in [0.4, 0.5) is 5.69 Å². The number of nitrogens with two attached hydrogens (primary N) is 1. The van der Waals surface area contributed by atoms with Crippen molar-refractivity contribution in [1.29, 1.82) is 0 Å². The molecule has 0 radical (unpaired) electrons. The summed E-state index contributed by atoms with van der Waals surface area (Å²) in [5.74, 6) is 1.52. The van der Waals surface area contributed by atoms with Crippen molar-refractivity contribution >= 4 is 16.7 Å². The van der Waals surface area contributed by atoms with Gasteiger partial charge in [0.05, 0.1) is 18.1 Å². The van der Waals surface area contributed by atoms with Crippen LogP contribution < -0.4 is 10.5 Å². The first-order chi connectivity index (χ1) is 8.78. The van der Waals surface area contributed by atoms with Gasteiger partial charge in [0.1, 0.15) is 11.6 Å². The van der Waals surface area contributed by atoms with Gasteiger partial charge in [-0.25, -0.2) is 4.98 Å². The van der Waals surface area contributed by atoms with E-state index in [1.807, 2.05) is 36.4 Å². The Labute approximate surface area is 104 Å². The minimum atomic E-state index is 0.647. The Hall–Kier alpha value is -2.49. The molecule has 18 heavy (non-hydrogen) atoms. The summed E-state index contributed by atoms with van der Waals surface area (Å²) >= 11 is 0. The molecule has 0 saturated carbocycles. The second-order valence-electron chi connectivity index (χ2n) is 4.06. The van der Waals surface area contributed by atoms with E-state index in [0.29, 0.717) is 5.69 Å². The van der Waals surface area contributed by atoms with E-state index in [2.05, 4.69) is 9.97 Å². The van der Waals surface area contributed by atoms with Crippen LogP contribution in [0.1, 0.15) is 0 Å². The molecule has 0 aliphatic heterocycles. The molecule has 0 spiro atoms. The van der Waals surface area contributed by atoms with Gasteiger partial charge < -0.3 is 15.5 Å². The molecule has 3 aromatic rings. The number of nitrogen functional groups attached to an aromatic ring is 1. The van der Waals surface area contributed by atoms with E-state index in [1.165, 1.54) is 0 Å². The maximum atomic E-state index is 6.01. The minimum absolute atomic E-state index is 0.647. The van der Waals surface area contributed by atoms with Gasteiger partial charge in [-0.15, -0.1) is 0 Å². The molecule has 1 aromatic heterocycles. The summed E-state index contributed by atoms with van der Waals surface area (Å²) in [6.07, 6.45) is 0. The van der Waals surface area contributed by atoms with E-state index in [0.717, 1.165) is 28.2 Å². The molecular formula is C14H13N3O. The number of ether oxygens (including phenoxy) is 1. The van der Waals surface area contributed by atoms with Crippen molar-refractivity contribution in [3.8, 4) is 17.1 Å². The van der Waals surface area contributed by atoms with Crippen molar-refractivity contribution in [1.82, 2.24) is 9.97 Å². The Balaban J connectivity index is 2.14. The number of anilines is 1. The second-order valence-corrected chi connectivity index (χ2v) is 4.06. The zero-order valence-electron chi connectivity index (χ0n) is 9.97. The number of nitrogens with one attached hydrogen (secondary N) is 1. The van der Waals surface area contributed by atoms with Gasteiger partial charge in [-0.3, -0.25) is 0 Å². The molecule has 0 aliphatic carbocycles. The van der Waals surface area contributed by atoms with Crippen molar-refractivity contribution in [3.63, 3.8) is 0 Å². The SMILES string of the molecule is COc1ccc(-c2nc3ccccc3[nH]2)c(N)c1. The minimum Gasteiger partial charge on any atom is -0.497 e. The lowest BCUT2D eigenvalue weighted by molar-refractivity contribution is 0.415. The number of fused-ring (bicyclic) bond motifs is 1. The third-order valence-electron chi connectivity index (χ3n) is 2.90. The number of imidazole rings is 1. The molecule has 0 amide bonds. The summed E-state index contributed by atoms with van der Waals surface area (Å²) in [4.78, 5) is 7.78. The highest BCUT2D eigenvalue weighted by atomic mass is 16.5. The third kappa shape index (κ3) is 1.68. The van der Waals surface area contributed by atoms with Crippen molar-refractivity contribution in [2.45, 2.75) is 0 Å². The van der Waals surface area contributed by atoms with Gasteiger partial charge in [0.2, 0.25) is 0 Å². The van der Waals surface area contributed by atoms with E-state index >= 15 is 0 Å². The summed E-state index contributed by atoms with van der Waals surface area (Å²) in [5.41, 5.74) is 9.47. The van der Waals surface area contributed by atoms with Crippen LogP contribution in [0, 0.1) is 0 Å². The van der Waals surface area contributed by atoms with Crippen LogP contribution in [-0.4, -0.2) is 17.1 Å². The van der Waals surface area contributed by atoms with E-state index in [-0.39, 0.29) is 0 Å². The van der Waals surface area contributed by atoms with Crippen molar-refractivity contribution in [3.05, 3.63) is 42.5 Å². The van der Waals surface area contributed by atoms with Crippen molar-refractivity contribution in [2.75, 3.05) is 12.8 Å². The highest BCUT2D eigenvalue weighted by Gasteiger charge is 2.08. The number of aromatic amines is 1. The Morgan fingerprint density at radius 1 is 1.17 bits per heavy atom. The first kappa shape index (κ1) is 10.7. The predicted octanol–water partition coefficient (Wildman–Crippen LogP) is 2.82. The number of nitrogens with zero attached hydrogens (tertiary/aromatic N) is 1. The van der Waals surface area contributed by atoms with Crippen LogP contribution in [0.15, 0.2) is 42.5 Å². The Morgan fingerprint density at radius 3 is 2.72 bits per heavy atom. The molecule has 3 N–H and O–H groups in total. The van der Waals surface area contributed by atoms with Gasteiger partial charge in [0.15, 0.2) is 0 Å². The molecule has 4 nitrogen and oxygen atoms in total. The smallest absolute Gasteiger partial charge is 0.140 e. The maximum absolute atomic E-state index is 6.01. The molecule has 0 aliphatic rings. The van der Waals surface area contributed by atoms with Gasteiger partial charge in [-0.2, -0.15) is 0 Å². The van der Waals surface area contributed by atoms with Gasteiger partial charge in [0, 0.05) is 17.3 Å². The van der Waals surface area contributed by atoms with Crippen LogP contribution in [-0.2, 0) is 0 Å². The number of H-pyrrole nitrogens is 1. The number of methoxy groups -OCH3 is 1. The van der Waals surface area contributed by atoms with E-state index < -0.39 is 0 Å². The average molecular weight is 239 g/mol. The highest BCUT2D eigenvalue weighted by Crippen LogP contribution is 2.28. The summed E-state index contributed by atoms with van der Waals surface area (Å²) < 4.78 is 5.13. The van der Waals surface area contributed by atoms with Crippen LogP contribution in [0.2, 0.25) is 0 Å².